The monoisotopic (exact) mass is 226 g/mol. The van der Waals surface area contributed by atoms with Gasteiger partial charge in [-0.1, -0.05) is 0 Å². The fourth-order valence-corrected chi connectivity index (χ4v) is 3.68. The minimum absolute atomic E-state index is 0.0459. The summed E-state index contributed by atoms with van der Waals surface area (Å²) in [5.74, 6) is -0.489. The van der Waals surface area contributed by atoms with Gasteiger partial charge < -0.3 is 14.6 Å². The largest absolute Gasteiger partial charge is 0.382 e. The van der Waals surface area contributed by atoms with E-state index in [1.165, 1.54) is 0 Å². The highest BCUT2D eigenvalue weighted by Crippen LogP contribution is 2.53. The molecule has 0 unspecified atom stereocenters. The third-order valence-electron chi connectivity index (χ3n) is 4.28. The summed E-state index contributed by atoms with van der Waals surface area (Å²) in [6.45, 7) is 5.38. The van der Waals surface area contributed by atoms with Crippen LogP contribution in [0.4, 0.5) is 0 Å². The Bertz CT molecular complexity index is 347. The second-order valence-corrected chi connectivity index (χ2v) is 5.93. The Hall–Kier alpha value is -0.450. The van der Waals surface area contributed by atoms with Gasteiger partial charge >= 0.3 is 0 Å². The molecule has 3 aliphatic rings. The molecule has 0 radical (unpaired) electrons. The molecule has 2 saturated carbocycles. The first kappa shape index (κ1) is 10.7. The third-order valence-corrected chi connectivity index (χ3v) is 4.28. The van der Waals surface area contributed by atoms with Gasteiger partial charge in [0.2, 0.25) is 0 Å². The summed E-state index contributed by atoms with van der Waals surface area (Å²) in [5, 5.41) is 10.3. The summed E-state index contributed by atoms with van der Waals surface area (Å²) < 4.78 is 11.6. The Morgan fingerprint density at radius 3 is 2.69 bits per heavy atom. The molecule has 5 atom stereocenters. The highest BCUT2D eigenvalue weighted by atomic mass is 16.8. The van der Waals surface area contributed by atoms with Crippen molar-refractivity contribution in [2.24, 2.45) is 11.8 Å². The first-order valence-electron chi connectivity index (χ1n) is 5.92. The number of hydrogen-bond acceptors (Lipinski definition) is 4. The smallest absolute Gasteiger partial charge is 0.164 e. The summed E-state index contributed by atoms with van der Waals surface area (Å²) in [4.78, 5) is 11.7. The quantitative estimate of drug-likeness (QED) is 0.665. The van der Waals surface area contributed by atoms with Crippen LogP contribution in [0.5, 0.6) is 0 Å². The van der Waals surface area contributed by atoms with Crippen molar-refractivity contribution in [3.05, 3.63) is 0 Å². The SMILES string of the molecule is CC1(C)O[C@H]2[C@@H]3[C@@H](CC(=O)[C@@]3(C)O)C[C@H]2O1. The van der Waals surface area contributed by atoms with Gasteiger partial charge in [0, 0.05) is 12.3 Å². The van der Waals surface area contributed by atoms with Gasteiger partial charge in [-0.05, 0) is 33.1 Å². The fraction of sp³-hybridized carbons (Fsp3) is 0.917. The summed E-state index contributed by atoms with van der Waals surface area (Å²) in [6.07, 6.45) is 1.23. The van der Waals surface area contributed by atoms with Crippen LogP contribution < -0.4 is 0 Å². The number of hydrogen-bond donors (Lipinski definition) is 1. The zero-order valence-electron chi connectivity index (χ0n) is 9.90. The Morgan fingerprint density at radius 2 is 2.00 bits per heavy atom. The summed E-state index contributed by atoms with van der Waals surface area (Å²) in [7, 11) is 0. The molecule has 90 valence electrons. The maximum Gasteiger partial charge on any atom is 0.164 e. The zero-order chi connectivity index (χ0) is 11.7. The van der Waals surface area contributed by atoms with Gasteiger partial charge in [0.1, 0.15) is 5.60 Å². The molecule has 3 rings (SSSR count). The average Bonchev–Trinajstić information content (AvgIpc) is 2.60. The number of fused-ring (bicyclic) bond motifs is 3. The van der Waals surface area contributed by atoms with Gasteiger partial charge in [-0.2, -0.15) is 0 Å². The lowest BCUT2D eigenvalue weighted by Gasteiger charge is -2.29. The number of rotatable bonds is 0. The van der Waals surface area contributed by atoms with E-state index in [2.05, 4.69) is 0 Å². The van der Waals surface area contributed by atoms with Crippen LogP contribution in [0.25, 0.3) is 0 Å². The minimum atomic E-state index is -1.23. The van der Waals surface area contributed by atoms with Gasteiger partial charge in [-0.25, -0.2) is 0 Å². The van der Waals surface area contributed by atoms with E-state index < -0.39 is 11.4 Å². The molecule has 0 bridgehead atoms. The van der Waals surface area contributed by atoms with Crippen molar-refractivity contribution in [3.8, 4) is 0 Å². The maximum absolute atomic E-state index is 11.7. The molecule has 4 nitrogen and oxygen atoms in total. The molecule has 3 fully saturated rings. The first-order chi connectivity index (χ1) is 7.31. The lowest BCUT2D eigenvalue weighted by atomic mass is 9.87. The van der Waals surface area contributed by atoms with Crippen LogP contribution in [0.15, 0.2) is 0 Å². The lowest BCUT2D eigenvalue weighted by Crippen LogP contribution is -2.44. The molecule has 1 aliphatic heterocycles. The van der Waals surface area contributed by atoms with Crippen LogP contribution in [0, 0.1) is 11.8 Å². The molecule has 0 spiro atoms. The van der Waals surface area contributed by atoms with Crippen molar-refractivity contribution in [3.63, 3.8) is 0 Å². The molecule has 16 heavy (non-hydrogen) atoms. The highest BCUT2D eigenvalue weighted by Gasteiger charge is 2.64. The molecule has 0 aromatic rings. The van der Waals surface area contributed by atoms with E-state index in [1.807, 2.05) is 13.8 Å². The molecule has 1 saturated heterocycles. The van der Waals surface area contributed by atoms with Crippen molar-refractivity contribution < 1.29 is 19.4 Å². The van der Waals surface area contributed by atoms with Crippen molar-refractivity contribution in [2.45, 2.75) is 57.2 Å². The maximum atomic E-state index is 11.7. The predicted octanol–water partition coefficient (Wildman–Crippen LogP) is 0.866. The standard InChI is InChI=1S/C12H18O4/c1-11(2)15-7-4-6-5-8(13)12(3,14)9(6)10(7)16-11/h6-7,9-10,14H,4-5H2,1-3H3/t6-,7-,9+,10-,12-/m1/s1. The van der Waals surface area contributed by atoms with E-state index >= 15 is 0 Å². The second-order valence-electron chi connectivity index (χ2n) is 5.93. The molecule has 0 amide bonds. The number of carbonyl (C=O) groups excluding carboxylic acids is 1. The van der Waals surface area contributed by atoms with Gasteiger partial charge in [-0.3, -0.25) is 4.79 Å². The van der Waals surface area contributed by atoms with E-state index in [0.29, 0.717) is 6.42 Å². The van der Waals surface area contributed by atoms with Gasteiger partial charge in [0.15, 0.2) is 11.6 Å². The van der Waals surface area contributed by atoms with Gasteiger partial charge in [0.05, 0.1) is 12.2 Å². The van der Waals surface area contributed by atoms with Crippen LogP contribution in [-0.2, 0) is 14.3 Å². The first-order valence-corrected chi connectivity index (χ1v) is 5.92. The van der Waals surface area contributed by atoms with Gasteiger partial charge in [0.25, 0.3) is 0 Å². The molecule has 2 aliphatic carbocycles. The third kappa shape index (κ3) is 1.24. The summed E-state index contributed by atoms with van der Waals surface area (Å²) >= 11 is 0. The fourth-order valence-electron chi connectivity index (χ4n) is 3.68. The van der Waals surface area contributed by atoms with Crippen LogP contribution in [0.3, 0.4) is 0 Å². The normalized spacial score (nSPS) is 54.1. The Kier molecular flexibility index (Phi) is 1.91. The Labute approximate surface area is 94.9 Å². The molecule has 0 aromatic heterocycles. The molecule has 4 heteroatoms. The molecule has 1 N–H and O–H groups in total. The molecule has 0 aromatic carbocycles. The van der Waals surface area contributed by atoms with Crippen molar-refractivity contribution in [1.29, 1.82) is 0 Å². The molecular weight excluding hydrogens is 208 g/mol. The summed E-state index contributed by atoms with van der Waals surface area (Å²) in [6, 6.07) is 0. The Morgan fingerprint density at radius 1 is 1.31 bits per heavy atom. The van der Waals surface area contributed by atoms with E-state index in [4.69, 9.17) is 9.47 Å². The number of ether oxygens (including phenoxy) is 2. The number of aliphatic hydroxyl groups is 1. The van der Waals surface area contributed by atoms with Crippen molar-refractivity contribution >= 4 is 5.78 Å². The molecule has 1 heterocycles. The zero-order valence-corrected chi connectivity index (χ0v) is 9.90. The Balaban J connectivity index is 1.91. The van der Waals surface area contributed by atoms with E-state index in [-0.39, 0.29) is 29.8 Å². The van der Waals surface area contributed by atoms with Gasteiger partial charge in [-0.15, -0.1) is 0 Å². The van der Waals surface area contributed by atoms with Crippen molar-refractivity contribution in [2.75, 3.05) is 0 Å². The minimum Gasteiger partial charge on any atom is -0.382 e. The van der Waals surface area contributed by atoms with Crippen LogP contribution in [-0.4, -0.2) is 34.5 Å². The number of carbonyl (C=O) groups is 1. The summed E-state index contributed by atoms with van der Waals surface area (Å²) in [5.41, 5.74) is -1.23. The highest BCUT2D eigenvalue weighted by molar-refractivity contribution is 5.90. The molecular formula is C12H18O4. The average molecular weight is 226 g/mol. The van der Waals surface area contributed by atoms with E-state index in [1.54, 1.807) is 6.92 Å². The second kappa shape index (κ2) is 2.86. The van der Waals surface area contributed by atoms with Crippen LogP contribution >= 0.6 is 0 Å². The lowest BCUT2D eigenvalue weighted by molar-refractivity contribution is -0.169. The van der Waals surface area contributed by atoms with Crippen molar-refractivity contribution in [1.82, 2.24) is 0 Å². The number of ketones is 1. The van der Waals surface area contributed by atoms with Crippen LogP contribution in [0.2, 0.25) is 0 Å². The van der Waals surface area contributed by atoms with E-state index in [0.717, 1.165) is 6.42 Å². The number of Topliss-reactive ketones (excluding diaryl/α,β-unsaturated/α-hetero) is 1. The topological polar surface area (TPSA) is 55.8 Å². The predicted molar refractivity (Wildman–Crippen MR) is 55.7 cm³/mol. The van der Waals surface area contributed by atoms with E-state index in [9.17, 15) is 9.90 Å². The van der Waals surface area contributed by atoms with Crippen LogP contribution in [0.1, 0.15) is 33.6 Å².